The number of fused-ring (bicyclic) bond motifs is 1. The van der Waals surface area contributed by atoms with Crippen molar-refractivity contribution < 1.29 is 4.79 Å². The van der Waals surface area contributed by atoms with Crippen LogP contribution in [0.2, 0.25) is 0 Å². The Morgan fingerprint density at radius 2 is 1.64 bits per heavy atom. The van der Waals surface area contributed by atoms with Gasteiger partial charge in [0.25, 0.3) is 0 Å². The minimum Gasteiger partial charge on any atom is -0.399 e. The molecule has 0 atom stereocenters. The molecule has 1 fully saturated rings. The summed E-state index contributed by atoms with van der Waals surface area (Å²) >= 11 is 0. The highest BCUT2D eigenvalue weighted by atomic mass is 16.2. The Kier molecular flexibility index (Phi) is 9.41. The largest absolute Gasteiger partial charge is 0.399 e. The maximum atomic E-state index is 14.0. The van der Waals surface area contributed by atoms with E-state index in [-0.39, 0.29) is 12.1 Å². The number of nitrogen functional groups attached to an aromatic ring is 1. The second-order valence-electron chi connectivity index (χ2n) is 10.5. The van der Waals surface area contributed by atoms with Crippen molar-refractivity contribution in [2.75, 3.05) is 41.0 Å². The van der Waals surface area contributed by atoms with Crippen LogP contribution in [0, 0.1) is 13.8 Å². The van der Waals surface area contributed by atoms with Gasteiger partial charge in [0.15, 0.2) is 0 Å². The van der Waals surface area contributed by atoms with Crippen LogP contribution >= 0.6 is 0 Å². The fourth-order valence-electron chi connectivity index (χ4n) is 5.23. The number of amides is 2. The van der Waals surface area contributed by atoms with Crippen molar-refractivity contribution in [2.24, 2.45) is 0 Å². The number of nitrogens with two attached hydrogens (primary N) is 1. The summed E-state index contributed by atoms with van der Waals surface area (Å²) in [6.07, 6.45) is 7.33. The highest BCUT2D eigenvalue weighted by Crippen LogP contribution is 2.38. The van der Waals surface area contributed by atoms with Crippen molar-refractivity contribution in [3.05, 3.63) is 65.4 Å². The summed E-state index contributed by atoms with van der Waals surface area (Å²) in [5.41, 5.74) is 11.5. The van der Waals surface area contributed by atoms with E-state index in [1.54, 1.807) is 0 Å². The predicted molar refractivity (Wildman–Crippen MR) is 162 cm³/mol. The van der Waals surface area contributed by atoms with Gasteiger partial charge in [-0.3, -0.25) is 9.80 Å². The van der Waals surface area contributed by atoms with E-state index in [2.05, 4.69) is 62.1 Å². The number of nitrogens with one attached hydrogen (secondary N) is 1. The standard InChI is InChI=1S/C26H30N6O.C5H13N/c1-17-7-6-8-18(2)23(17)31-16-19-15-28-25(29-21-13-11-20(27)12-14-21)30-24(19)32(26(31)33)22-9-4-3-5-10-22;1-4-6(3)5-2/h6-8,11-15,22H,3-5,9-10,16,27H2,1-2H3,(H,28,29,30);4-5H2,1-3H3. The molecule has 208 valence electrons. The Bertz CT molecular complexity index is 1230. The summed E-state index contributed by atoms with van der Waals surface area (Å²) in [7, 11) is 2.11. The number of anilines is 5. The van der Waals surface area contributed by atoms with Crippen LogP contribution in [-0.2, 0) is 6.54 Å². The molecule has 0 unspecified atom stereocenters. The van der Waals surface area contributed by atoms with Gasteiger partial charge in [-0.1, -0.05) is 51.3 Å². The van der Waals surface area contributed by atoms with Crippen molar-refractivity contribution in [3.8, 4) is 0 Å². The molecular formula is C31H43N7O. The monoisotopic (exact) mass is 529 g/mol. The molecule has 2 amide bonds. The molecular weight excluding hydrogens is 486 g/mol. The highest BCUT2D eigenvalue weighted by molar-refractivity contribution is 6.06. The zero-order chi connectivity index (χ0) is 27.9. The van der Waals surface area contributed by atoms with Crippen molar-refractivity contribution in [1.29, 1.82) is 0 Å². The molecule has 1 aliphatic carbocycles. The Balaban J connectivity index is 0.000000531. The average molecular weight is 530 g/mol. The van der Waals surface area contributed by atoms with Crippen LogP contribution in [0.1, 0.15) is 62.6 Å². The molecule has 0 saturated heterocycles. The summed E-state index contributed by atoms with van der Waals surface area (Å²) in [5, 5.41) is 3.25. The number of urea groups is 1. The molecule has 8 heteroatoms. The van der Waals surface area contributed by atoms with Gasteiger partial charge in [-0.25, -0.2) is 9.78 Å². The smallest absolute Gasteiger partial charge is 0.330 e. The van der Waals surface area contributed by atoms with Crippen molar-refractivity contribution in [2.45, 2.75) is 72.4 Å². The molecule has 3 N–H and O–H groups in total. The number of nitrogens with zero attached hydrogens (tertiary/aromatic N) is 5. The third-order valence-electron chi connectivity index (χ3n) is 7.73. The second-order valence-corrected chi connectivity index (χ2v) is 10.5. The Hall–Kier alpha value is -3.65. The van der Waals surface area contributed by atoms with E-state index < -0.39 is 0 Å². The van der Waals surface area contributed by atoms with Gasteiger partial charge in [0.2, 0.25) is 5.95 Å². The Labute approximate surface area is 233 Å². The number of carbonyl (C=O) groups excluding carboxylic acids is 1. The number of hydrogen-bond donors (Lipinski definition) is 2. The van der Waals surface area contributed by atoms with E-state index in [9.17, 15) is 4.79 Å². The molecule has 1 aliphatic heterocycles. The van der Waals surface area contributed by atoms with Crippen LogP contribution in [0.4, 0.5) is 33.6 Å². The van der Waals surface area contributed by atoms with Crippen molar-refractivity contribution in [3.63, 3.8) is 0 Å². The van der Waals surface area contributed by atoms with E-state index in [1.165, 1.54) is 6.42 Å². The Morgan fingerprint density at radius 1 is 1.00 bits per heavy atom. The summed E-state index contributed by atoms with van der Waals surface area (Å²) in [4.78, 5) is 29.4. The summed E-state index contributed by atoms with van der Waals surface area (Å²) in [6.45, 7) is 11.2. The number of aromatic nitrogens is 2. The van der Waals surface area contributed by atoms with E-state index in [1.807, 2.05) is 46.3 Å². The van der Waals surface area contributed by atoms with Crippen LogP contribution in [-0.4, -0.2) is 47.1 Å². The van der Waals surface area contributed by atoms with Crippen LogP contribution < -0.4 is 20.9 Å². The van der Waals surface area contributed by atoms with Gasteiger partial charge in [-0.2, -0.15) is 4.98 Å². The lowest BCUT2D eigenvalue weighted by Gasteiger charge is -2.42. The fraction of sp³-hybridized carbons (Fsp3) is 0.452. The third kappa shape index (κ3) is 6.68. The number of aryl methyl sites for hydroxylation is 2. The van der Waals surface area contributed by atoms with Gasteiger partial charge < -0.3 is 16.0 Å². The van der Waals surface area contributed by atoms with Crippen LogP contribution in [0.5, 0.6) is 0 Å². The molecule has 5 rings (SSSR count). The molecule has 8 nitrogen and oxygen atoms in total. The first-order chi connectivity index (χ1) is 18.8. The van der Waals surface area contributed by atoms with E-state index in [4.69, 9.17) is 10.7 Å². The molecule has 0 bridgehead atoms. The van der Waals surface area contributed by atoms with Crippen molar-refractivity contribution >= 4 is 34.9 Å². The number of carbonyl (C=O) groups is 1. The lowest BCUT2D eigenvalue weighted by molar-refractivity contribution is 0.244. The number of rotatable bonds is 6. The molecule has 3 aromatic rings. The maximum Gasteiger partial charge on any atom is 0.330 e. The summed E-state index contributed by atoms with van der Waals surface area (Å²) < 4.78 is 0. The van der Waals surface area contributed by atoms with Gasteiger partial charge >= 0.3 is 6.03 Å². The Morgan fingerprint density at radius 3 is 2.23 bits per heavy atom. The van der Waals surface area contributed by atoms with E-state index in [0.717, 1.165) is 72.7 Å². The minimum absolute atomic E-state index is 0.00364. The SMILES string of the molecule is CCN(C)CC.Cc1cccc(C)c1N1Cc2cnc(Nc3ccc(N)cc3)nc2N(C2CCCCC2)C1=O. The summed E-state index contributed by atoms with van der Waals surface area (Å²) in [5.74, 6) is 1.20. The zero-order valence-electron chi connectivity index (χ0n) is 24.1. The minimum atomic E-state index is 0.00364. The molecule has 2 heterocycles. The van der Waals surface area contributed by atoms with Gasteiger partial charge in [0, 0.05) is 29.2 Å². The fourth-order valence-corrected chi connectivity index (χ4v) is 5.23. The van der Waals surface area contributed by atoms with E-state index >= 15 is 0 Å². The van der Waals surface area contributed by atoms with Crippen LogP contribution in [0.3, 0.4) is 0 Å². The molecule has 1 aromatic heterocycles. The first kappa shape index (κ1) is 28.4. The molecule has 2 aromatic carbocycles. The molecule has 0 radical (unpaired) electrons. The first-order valence-electron chi connectivity index (χ1n) is 14.2. The van der Waals surface area contributed by atoms with Gasteiger partial charge in [-0.15, -0.1) is 0 Å². The number of benzene rings is 2. The molecule has 39 heavy (non-hydrogen) atoms. The van der Waals surface area contributed by atoms with E-state index in [0.29, 0.717) is 18.2 Å². The normalized spacial score (nSPS) is 15.6. The highest BCUT2D eigenvalue weighted by Gasteiger charge is 2.38. The molecule has 2 aliphatic rings. The number of para-hydroxylation sites is 1. The molecule has 1 saturated carbocycles. The van der Waals surface area contributed by atoms with Crippen LogP contribution in [0.25, 0.3) is 0 Å². The quantitative estimate of drug-likeness (QED) is 0.347. The average Bonchev–Trinajstić information content (AvgIpc) is 2.95. The zero-order valence-corrected chi connectivity index (χ0v) is 24.1. The predicted octanol–water partition coefficient (Wildman–Crippen LogP) is 6.66. The number of hydrogen-bond acceptors (Lipinski definition) is 6. The molecule has 0 spiro atoms. The maximum absolute atomic E-state index is 14.0. The van der Waals surface area contributed by atoms with Gasteiger partial charge in [0.1, 0.15) is 5.82 Å². The summed E-state index contributed by atoms with van der Waals surface area (Å²) in [6, 6.07) is 13.8. The van der Waals surface area contributed by atoms with Crippen LogP contribution in [0.15, 0.2) is 48.7 Å². The topological polar surface area (TPSA) is 90.6 Å². The lowest BCUT2D eigenvalue weighted by atomic mass is 9.93. The third-order valence-corrected chi connectivity index (χ3v) is 7.73. The first-order valence-corrected chi connectivity index (χ1v) is 14.2. The van der Waals surface area contributed by atoms with Gasteiger partial charge in [0.05, 0.1) is 12.2 Å². The second kappa shape index (κ2) is 12.9. The lowest BCUT2D eigenvalue weighted by Crippen LogP contribution is -2.53. The van der Waals surface area contributed by atoms with Crippen molar-refractivity contribution in [1.82, 2.24) is 14.9 Å². The van der Waals surface area contributed by atoms with Gasteiger partial charge in [-0.05, 0) is 82.2 Å².